The molecule has 0 aliphatic heterocycles. The molecule has 3 aromatic carbocycles. The van der Waals surface area contributed by atoms with E-state index >= 15 is 0 Å². The van der Waals surface area contributed by atoms with Crippen molar-refractivity contribution in [1.29, 1.82) is 0 Å². The number of aryl methyl sites for hydroxylation is 1. The number of hydrogen-bond acceptors (Lipinski definition) is 6. The Bertz CT molecular complexity index is 1330. The smallest absolute Gasteiger partial charge is 0.153 e. The van der Waals surface area contributed by atoms with Gasteiger partial charge in [0.25, 0.3) is 0 Å². The van der Waals surface area contributed by atoms with Gasteiger partial charge in [0.2, 0.25) is 0 Å². The van der Waals surface area contributed by atoms with Gasteiger partial charge in [0.1, 0.15) is 12.1 Å². The molecule has 0 unspecified atom stereocenters. The van der Waals surface area contributed by atoms with Gasteiger partial charge in [-0.1, -0.05) is 60.2 Å². The number of nitrogens with zero attached hydrogens (tertiary/aromatic N) is 4. The van der Waals surface area contributed by atoms with E-state index in [0.717, 1.165) is 39.7 Å². The van der Waals surface area contributed by atoms with Gasteiger partial charge < -0.3 is 10.6 Å². The molecule has 0 radical (unpaired) electrons. The Labute approximate surface area is 192 Å². The summed E-state index contributed by atoms with van der Waals surface area (Å²) < 4.78 is 0. The summed E-state index contributed by atoms with van der Waals surface area (Å²) in [7, 11) is 0. The molecule has 6 heteroatoms. The molecule has 5 aromatic rings. The van der Waals surface area contributed by atoms with Crippen LogP contribution in [0, 0.1) is 6.92 Å². The highest BCUT2D eigenvalue weighted by Gasteiger charge is 2.04. The first-order valence-electron chi connectivity index (χ1n) is 10.7. The first kappa shape index (κ1) is 20.3. The summed E-state index contributed by atoms with van der Waals surface area (Å²) in [5.74, 6) is 1.43. The highest BCUT2D eigenvalue weighted by molar-refractivity contribution is 5.67. The number of nitrogens with one attached hydrogen (secondary N) is 2. The first-order valence-corrected chi connectivity index (χ1v) is 10.7. The largest absolute Gasteiger partial charge is 0.340 e. The van der Waals surface area contributed by atoms with Crippen LogP contribution in [0.2, 0.25) is 0 Å². The van der Waals surface area contributed by atoms with E-state index in [1.165, 1.54) is 5.56 Å². The van der Waals surface area contributed by atoms with Gasteiger partial charge in [0.05, 0.1) is 11.4 Å². The predicted octanol–water partition coefficient (Wildman–Crippen LogP) is 6.40. The average molecular weight is 431 g/mol. The maximum Gasteiger partial charge on any atom is 0.153 e. The maximum atomic E-state index is 4.37. The van der Waals surface area contributed by atoms with Crippen LogP contribution >= 0.6 is 0 Å². The van der Waals surface area contributed by atoms with E-state index in [0.29, 0.717) is 5.82 Å². The number of benzene rings is 3. The first-order chi connectivity index (χ1) is 16.2. The fourth-order valence-electron chi connectivity index (χ4n) is 3.40. The predicted molar refractivity (Wildman–Crippen MR) is 133 cm³/mol. The van der Waals surface area contributed by atoms with E-state index in [1.54, 1.807) is 6.33 Å². The molecule has 0 aliphatic carbocycles. The second kappa shape index (κ2) is 9.28. The Hall–Kier alpha value is -4.58. The van der Waals surface area contributed by atoms with Gasteiger partial charge in [-0.15, -0.1) is 10.2 Å². The molecule has 0 atom stereocenters. The Kier molecular flexibility index (Phi) is 5.72. The summed E-state index contributed by atoms with van der Waals surface area (Å²) in [5.41, 5.74) is 6.90. The molecule has 0 spiro atoms. The second-order valence-corrected chi connectivity index (χ2v) is 7.65. The van der Waals surface area contributed by atoms with Crippen LogP contribution in [-0.2, 0) is 0 Å². The van der Waals surface area contributed by atoms with Gasteiger partial charge in [-0.25, -0.2) is 9.97 Å². The van der Waals surface area contributed by atoms with Crippen LogP contribution in [0.25, 0.3) is 22.5 Å². The topological polar surface area (TPSA) is 75.6 Å². The SMILES string of the molecule is Cc1ccc(-c2ccc(Nc3ccc(Nc4cc(-c5ccccc5)ncn4)cc3)nn2)cc1. The van der Waals surface area contributed by atoms with Gasteiger partial charge in [0.15, 0.2) is 5.82 Å². The van der Waals surface area contributed by atoms with Crippen LogP contribution in [0.4, 0.5) is 23.0 Å². The fourth-order valence-corrected chi connectivity index (χ4v) is 3.40. The van der Waals surface area contributed by atoms with Crippen molar-refractivity contribution in [3.05, 3.63) is 109 Å². The number of anilines is 4. The lowest BCUT2D eigenvalue weighted by Gasteiger charge is -2.09. The lowest BCUT2D eigenvalue weighted by Crippen LogP contribution is -1.98. The summed E-state index contributed by atoms with van der Waals surface area (Å²) in [6.45, 7) is 2.07. The normalized spacial score (nSPS) is 10.6. The van der Waals surface area contributed by atoms with Crippen LogP contribution in [0.3, 0.4) is 0 Å². The van der Waals surface area contributed by atoms with Crippen molar-refractivity contribution in [2.24, 2.45) is 0 Å². The monoisotopic (exact) mass is 430 g/mol. The average Bonchev–Trinajstić information content (AvgIpc) is 2.87. The fraction of sp³-hybridized carbons (Fsp3) is 0.0370. The quantitative estimate of drug-likeness (QED) is 0.325. The van der Waals surface area contributed by atoms with E-state index in [9.17, 15) is 0 Å². The van der Waals surface area contributed by atoms with Crippen molar-refractivity contribution in [2.75, 3.05) is 10.6 Å². The molecule has 0 amide bonds. The molecule has 0 saturated carbocycles. The molecule has 0 bridgehead atoms. The molecule has 2 heterocycles. The number of hydrogen-bond donors (Lipinski definition) is 2. The van der Waals surface area contributed by atoms with E-state index < -0.39 is 0 Å². The molecule has 33 heavy (non-hydrogen) atoms. The lowest BCUT2D eigenvalue weighted by atomic mass is 10.1. The Morgan fingerprint density at radius 1 is 0.545 bits per heavy atom. The second-order valence-electron chi connectivity index (χ2n) is 7.65. The molecule has 0 aliphatic rings. The van der Waals surface area contributed by atoms with E-state index in [4.69, 9.17) is 0 Å². The van der Waals surface area contributed by atoms with Crippen molar-refractivity contribution in [3.8, 4) is 22.5 Å². The molecule has 5 rings (SSSR count). The zero-order valence-electron chi connectivity index (χ0n) is 18.1. The van der Waals surface area contributed by atoms with Crippen LogP contribution in [0.15, 0.2) is 103 Å². The molecule has 2 aromatic heterocycles. The third-order valence-corrected chi connectivity index (χ3v) is 5.18. The van der Waals surface area contributed by atoms with Crippen molar-refractivity contribution >= 4 is 23.0 Å². The van der Waals surface area contributed by atoms with Crippen LogP contribution in [0.1, 0.15) is 5.56 Å². The maximum absolute atomic E-state index is 4.37. The van der Waals surface area contributed by atoms with E-state index in [2.05, 4.69) is 62.0 Å². The van der Waals surface area contributed by atoms with Crippen LogP contribution < -0.4 is 10.6 Å². The zero-order chi connectivity index (χ0) is 22.5. The van der Waals surface area contributed by atoms with Crippen LogP contribution in [0.5, 0.6) is 0 Å². The number of aromatic nitrogens is 4. The summed E-state index contributed by atoms with van der Waals surface area (Å²) >= 11 is 0. The van der Waals surface area contributed by atoms with E-state index in [-0.39, 0.29) is 0 Å². The highest BCUT2D eigenvalue weighted by atomic mass is 15.2. The summed E-state index contributed by atoms with van der Waals surface area (Å²) in [5, 5.41) is 15.3. The molecule has 0 saturated heterocycles. The summed E-state index contributed by atoms with van der Waals surface area (Å²) in [6.07, 6.45) is 1.57. The molecular formula is C27H22N6. The third kappa shape index (κ3) is 5.02. The lowest BCUT2D eigenvalue weighted by molar-refractivity contribution is 1.04. The Morgan fingerprint density at radius 2 is 1.21 bits per heavy atom. The standard InChI is InChI=1S/C27H22N6/c1-19-7-9-21(10-8-19)24-15-16-26(33-32-24)30-22-11-13-23(14-12-22)31-27-17-25(28-18-29-27)20-5-3-2-4-6-20/h2-18H,1H3,(H,30,33)(H,28,29,31). The van der Waals surface area contributed by atoms with Crippen molar-refractivity contribution in [1.82, 2.24) is 20.2 Å². The minimum Gasteiger partial charge on any atom is -0.340 e. The summed E-state index contributed by atoms with van der Waals surface area (Å²) in [4.78, 5) is 8.70. The van der Waals surface area contributed by atoms with Gasteiger partial charge in [-0.05, 0) is 43.3 Å². The highest BCUT2D eigenvalue weighted by Crippen LogP contribution is 2.23. The Balaban J connectivity index is 1.24. The van der Waals surface area contributed by atoms with Crippen LogP contribution in [-0.4, -0.2) is 20.2 Å². The minimum atomic E-state index is 0.690. The molecule has 0 fully saturated rings. The molecular weight excluding hydrogens is 408 g/mol. The van der Waals surface area contributed by atoms with Crippen molar-refractivity contribution < 1.29 is 0 Å². The van der Waals surface area contributed by atoms with Gasteiger partial charge >= 0.3 is 0 Å². The van der Waals surface area contributed by atoms with Gasteiger partial charge in [-0.3, -0.25) is 0 Å². The van der Waals surface area contributed by atoms with Crippen molar-refractivity contribution in [2.45, 2.75) is 6.92 Å². The van der Waals surface area contributed by atoms with E-state index in [1.807, 2.05) is 72.8 Å². The van der Waals surface area contributed by atoms with Gasteiger partial charge in [-0.2, -0.15) is 0 Å². The molecule has 6 nitrogen and oxygen atoms in total. The molecule has 160 valence electrons. The minimum absolute atomic E-state index is 0.690. The third-order valence-electron chi connectivity index (χ3n) is 5.18. The summed E-state index contributed by atoms with van der Waals surface area (Å²) in [6, 6.07) is 32.1. The number of rotatable bonds is 6. The van der Waals surface area contributed by atoms with Crippen molar-refractivity contribution in [3.63, 3.8) is 0 Å². The van der Waals surface area contributed by atoms with Gasteiger partial charge in [0, 0.05) is 28.6 Å². The molecule has 2 N–H and O–H groups in total. The zero-order valence-corrected chi connectivity index (χ0v) is 18.1. The Morgan fingerprint density at radius 3 is 1.88 bits per heavy atom.